The van der Waals surface area contributed by atoms with Gasteiger partial charge in [0.1, 0.15) is 12.2 Å². The smallest absolute Gasteiger partial charge is 0.172 e. The molecular formula is C7H15NO4. The third-order valence-electron chi connectivity index (χ3n) is 2.17. The van der Waals surface area contributed by atoms with Gasteiger partial charge in [-0.05, 0) is 6.42 Å². The molecule has 0 aromatic heterocycles. The zero-order valence-electron chi connectivity index (χ0n) is 6.92. The van der Waals surface area contributed by atoms with Crippen molar-refractivity contribution in [2.75, 3.05) is 0 Å². The van der Waals surface area contributed by atoms with Crippen molar-refractivity contribution in [1.82, 2.24) is 0 Å². The van der Waals surface area contributed by atoms with Crippen molar-refractivity contribution in [1.29, 1.82) is 0 Å². The summed E-state index contributed by atoms with van der Waals surface area (Å²) in [4.78, 5) is 0. The Morgan fingerprint density at radius 1 is 1.25 bits per heavy atom. The van der Waals surface area contributed by atoms with Crippen LogP contribution in [0.2, 0.25) is 0 Å². The van der Waals surface area contributed by atoms with E-state index in [1.807, 2.05) is 0 Å². The third-order valence-corrected chi connectivity index (χ3v) is 2.17. The van der Waals surface area contributed by atoms with Crippen molar-refractivity contribution in [3.63, 3.8) is 0 Å². The molecule has 0 aliphatic carbocycles. The molecular weight excluding hydrogens is 162 g/mol. The van der Waals surface area contributed by atoms with Crippen molar-refractivity contribution in [3.8, 4) is 0 Å². The molecule has 0 amide bonds. The first-order chi connectivity index (χ1) is 5.57. The van der Waals surface area contributed by atoms with Crippen LogP contribution in [0.15, 0.2) is 0 Å². The third kappa shape index (κ3) is 1.60. The Balaban J connectivity index is 2.63. The maximum atomic E-state index is 9.36. The van der Waals surface area contributed by atoms with E-state index in [1.54, 1.807) is 6.92 Å². The van der Waals surface area contributed by atoms with Crippen LogP contribution in [0.25, 0.3) is 0 Å². The molecule has 0 bridgehead atoms. The second-order valence-electron chi connectivity index (χ2n) is 3.03. The van der Waals surface area contributed by atoms with Gasteiger partial charge >= 0.3 is 0 Å². The van der Waals surface area contributed by atoms with Crippen molar-refractivity contribution in [2.45, 2.75) is 44.0 Å². The molecule has 1 heterocycles. The van der Waals surface area contributed by atoms with Crippen LogP contribution in [0.3, 0.4) is 0 Å². The fourth-order valence-electron chi connectivity index (χ4n) is 1.30. The summed E-state index contributed by atoms with van der Waals surface area (Å²) in [5.74, 6) is 0. The summed E-state index contributed by atoms with van der Waals surface area (Å²) in [5, 5.41) is 27.8. The summed E-state index contributed by atoms with van der Waals surface area (Å²) in [6.45, 7) is 1.80. The Kier molecular flexibility index (Phi) is 3.03. The lowest BCUT2D eigenvalue weighted by Gasteiger charge is -2.38. The maximum Gasteiger partial charge on any atom is 0.172 e. The Morgan fingerprint density at radius 3 is 2.33 bits per heavy atom. The monoisotopic (exact) mass is 177 g/mol. The van der Waals surface area contributed by atoms with Crippen LogP contribution in [0.1, 0.15) is 13.3 Å². The summed E-state index contributed by atoms with van der Waals surface area (Å²) < 4.78 is 4.95. The second-order valence-corrected chi connectivity index (χ2v) is 3.03. The fraction of sp³-hybridized carbons (Fsp3) is 1.00. The van der Waals surface area contributed by atoms with Crippen molar-refractivity contribution >= 4 is 0 Å². The van der Waals surface area contributed by atoms with Crippen LogP contribution in [0.4, 0.5) is 0 Å². The highest BCUT2D eigenvalue weighted by molar-refractivity contribution is 4.90. The van der Waals surface area contributed by atoms with Crippen molar-refractivity contribution in [3.05, 3.63) is 0 Å². The van der Waals surface area contributed by atoms with Crippen LogP contribution in [-0.2, 0) is 4.74 Å². The summed E-state index contributed by atoms with van der Waals surface area (Å²) in [5.41, 5.74) is 5.34. The molecule has 1 saturated heterocycles. The zero-order valence-corrected chi connectivity index (χ0v) is 6.92. The van der Waals surface area contributed by atoms with E-state index in [4.69, 9.17) is 15.6 Å². The second kappa shape index (κ2) is 3.68. The molecule has 5 N–H and O–H groups in total. The first kappa shape index (κ1) is 9.88. The molecule has 0 spiro atoms. The van der Waals surface area contributed by atoms with E-state index in [1.165, 1.54) is 0 Å². The summed E-state index contributed by atoms with van der Waals surface area (Å²) >= 11 is 0. The van der Waals surface area contributed by atoms with Gasteiger partial charge in [-0.15, -0.1) is 0 Å². The molecule has 1 aliphatic heterocycles. The first-order valence-electron chi connectivity index (χ1n) is 4.03. The molecule has 5 atom stereocenters. The number of hydrogen-bond donors (Lipinski definition) is 4. The highest BCUT2D eigenvalue weighted by atomic mass is 16.6. The fourth-order valence-corrected chi connectivity index (χ4v) is 1.30. The van der Waals surface area contributed by atoms with Gasteiger partial charge in [0, 0.05) is 0 Å². The highest BCUT2D eigenvalue weighted by Crippen LogP contribution is 2.20. The number of aliphatic hydroxyl groups excluding tert-OH is 3. The molecule has 0 radical (unpaired) electrons. The number of rotatable bonds is 1. The molecule has 1 rings (SSSR count). The molecule has 1 fully saturated rings. The summed E-state index contributed by atoms with van der Waals surface area (Å²) in [6, 6.07) is -0.928. The van der Waals surface area contributed by atoms with Gasteiger partial charge in [-0.25, -0.2) is 0 Å². The predicted octanol–water partition coefficient (Wildman–Crippen LogP) is -1.84. The van der Waals surface area contributed by atoms with Gasteiger partial charge in [0.25, 0.3) is 0 Å². The number of nitrogens with two attached hydrogens (primary N) is 1. The molecule has 5 nitrogen and oxygen atoms in total. The Labute approximate surface area is 70.8 Å². The van der Waals surface area contributed by atoms with E-state index in [9.17, 15) is 10.2 Å². The van der Waals surface area contributed by atoms with Gasteiger partial charge in [0.2, 0.25) is 0 Å². The minimum atomic E-state index is -1.19. The molecule has 0 saturated carbocycles. The summed E-state index contributed by atoms with van der Waals surface area (Å²) in [7, 11) is 0. The molecule has 12 heavy (non-hydrogen) atoms. The van der Waals surface area contributed by atoms with Crippen LogP contribution in [0, 0.1) is 0 Å². The van der Waals surface area contributed by atoms with Gasteiger partial charge in [0.05, 0.1) is 12.1 Å². The van der Waals surface area contributed by atoms with Crippen molar-refractivity contribution in [2.24, 2.45) is 5.73 Å². The predicted molar refractivity (Wildman–Crippen MR) is 41.2 cm³/mol. The molecule has 0 aromatic carbocycles. The van der Waals surface area contributed by atoms with Gasteiger partial charge < -0.3 is 25.8 Å². The number of hydrogen-bond acceptors (Lipinski definition) is 5. The largest absolute Gasteiger partial charge is 0.388 e. The van der Waals surface area contributed by atoms with E-state index >= 15 is 0 Å². The van der Waals surface area contributed by atoms with Gasteiger partial charge in [-0.3, -0.25) is 0 Å². The maximum absolute atomic E-state index is 9.36. The van der Waals surface area contributed by atoms with E-state index in [0.29, 0.717) is 6.42 Å². The topological polar surface area (TPSA) is 95.9 Å². The Morgan fingerprint density at radius 2 is 1.83 bits per heavy atom. The van der Waals surface area contributed by atoms with E-state index in [2.05, 4.69) is 0 Å². The van der Waals surface area contributed by atoms with Gasteiger partial charge in [0.15, 0.2) is 6.29 Å². The van der Waals surface area contributed by atoms with Crippen LogP contribution < -0.4 is 5.73 Å². The van der Waals surface area contributed by atoms with E-state index in [0.717, 1.165) is 0 Å². The zero-order chi connectivity index (χ0) is 9.30. The number of aliphatic hydroxyl groups is 3. The average Bonchev–Trinajstić information content (AvgIpc) is 2.08. The average molecular weight is 177 g/mol. The Bertz CT molecular complexity index is 150. The van der Waals surface area contributed by atoms with Crippen LogP contribution >= 0.6 is 0 Å². The van der Waals surface area contributed by atoms with Crippen LogP contribution in [-0.4, -0.2) is 46.0 Å². The quantitative estimate of drug-likeness (QED) is 0.377. The van der Waals surface area contributed by atoms with E-state index < -0.39 is 30.6 Å². The molecule has 5 heteroatoms. The Hall–Kier alpha value is -0.200. The summed E-state index contributed by atoms with van der Waals surface area (Å²) in [6.07, 6.45) is -3.31. The van der Waals surface area contributed by atoms with Crippen LogP contribution in [0.5, 0.6) is 0 Å². The lowest BCUT2D eigenvalue weighted by Crippen LogP contribution is -2.60. The van der Waals surface area contributed by atoms with Gasteiger partial charge in [-0.1, -0.05) is 6.92 Å². The number of ether oxygens (including phenoxy) is 1. The molecule has 72 valence electrons. The SMILES string of the molecule is CC[C@@H]1O[C@H](O)[C@@H](N)[C@H](O)[C@H]1O. The van der Waals surface area contributed by atoms with Crippen molar-refractivity contribution < 1.29 is 20.1 Å². The standard InChI is InChI=1S/C7H15NO4/c1-2-3-5(9)6(10)4(8)7(11)12-3/h3-7,9-11H,2,8H2,1H3/t3-,4-,5-,6-,7-/m0/s1. The molecule has 0 unspecified atom stereocenters. The highest BCUT2D eigenvalue weighted by Gasteiger charge is 2.40. The molecule has 0 aromatic rings. The van der Waals surface area contributed by atoms with E-state index in [-0.39, 0.29) is 0 Å². The molecule has 1 aliphatic rings. The minimum absolute atomic E-state index is 0.530. The first-order valence-corrected chi connectivity index (χ1v) is 4.03. The lowest BCUT2D eigenvalue weighted by molar-refractivity contribution is -0.242. The lowest BCUT2D eigenvalue weighted by atomic mass is 9.96. The normalized spacial score (nSPS) is 49.2. The van der Waals surface area contributed by atoms with Gasteiger partial charge in [-0.2, -0.15) is 0 Å². The minimum Gasteiger partial charge on any atom is -0.388 e.